The van der Waals surface area contributed by atoms with Gasteiger partial charge in [0.2, 0.25) is 5.91 Å². The van der Waals surface area contributed by atoms with Gasteiger partial charge in [-0.05, 0) is 37.3 Å². The summed E-state index contributed by atoms with van der Waals surface area (Å²) in [5.41, 5.74) is 0.979. The van der Waals surface area contributed by atoms with E-state index in [0.717, 1.165) is 19.3 Å². The lowest BCUT2D eigenvalue weighted by atomic mass is 9.86. The minimum Gasteiger partial charge on any atom is -0.482 e. The summed E-state index contributed by atoms with van der Waals surface area (Å²) >= 11 is 0. The van der Waals surface area contributed by atoms with Crippen molar-refractivity contribution in [2.45, 2.75) is 56.9 Å². The number of benzene rings is 1. The van der Waals surface area contributed by atoms with Gasteiger partial charge < -0.3 is 15.4 Å². The fraction of sp³-hybridized carbons (Fsp3) is 0.579. The SMILES string of the molecule is Cc1cc2c(cc1S(=O)(=O)CCC(=O)N[C@H]1CCCC[C@H]1C)OCC(=O)N2. The molecule has 0 radical (unpaired) electrons. The topological polar surface area (TPSA) is 102 Å². The van der Waals surface area contributed by atoms with E-state index in [1.165, 1.54) is 12.5 Å². The first-order valence-corrected chi connectivity index (χ1v) is 11.0. The predicted octanol–water partition coefficient (Wildman–Crippen LogP) is 2.18. The second-order valence-electron chi connectivity index (χ2n) is 7.46. The van der Waals surface area contributed by atoms with Gasteiger partial charge in [0.1, 0.15) is 5.75 Å². The summed E-state index contributed by atoms with van der Waals surface area (Å²) in [5, 5.41) is 5.64. The van der Waals surface area contributed by atoms with E-state index < -0.39 is 9.84 Å². The van der Waals surface area contributed by atoms with Crippen LogP contribution in [0.4, 0.5) is 5.69 Å². The molecule has 8 heteroatoms. The molecule has 3 rings (SSSR count). The number of carbonyl (C=O) groups is 2. The third-order valence-electron chi connectivity index (χ3n) is 5.30. The number of nitrogens with one attached hydrogen (secondary N) is 2. The van der Waals surface area contributed by atoms with Crippen molar-refractivity contribution in [3.05, 3.63) is 17.7 Å². The maximum atomic E-state index is 12.7. The summed E-state index contributed by atoms with van der Waals surface area (Å²) < 4.78 is 30.8. The van der Waals surface area contributed by atoms with Crippen LogP contribution in [-0.2, 0) is 19.4 Å². The minimum absolute atomic E-state index is 0.0698. The van der Waals surface area contributed by atoms with Crippen LogP contribution in [-0.4, -0.2) is 38.6 Å². The Kier molecular flexibility index (Phi) is 5.74. The molecule has 0 spiro atoms. The zero-order valence-electron chi connectivity index (χ0n) is 15.7. The van der Waals surface area contributed by atoms with Crippen molar-refractivity contribution in [1.29, 1.82) is 0 Å². The lowest BCUT2D eigenvalue weighted by Gasteiger charge is -2.29. The number of hydrogen-bond acceptors (Lipinski definition) is 5. The quantitative estimate of drug-likeness (QED) is 0.797. The molecule has 1 aromatic rings. The molecule has 27 heavy (non-hydrogen) atoms. The molecule has 0 unspecified atom stereocenters. The second kappa shape index (κ2) is 7.88. The van der Waals surface area contributed by atoms with Crippen LogP contribution < -0.4 is 15.4 Å². The molecule has 0 bridgehead atoms. The first-order valence-electron chi connectivity index (χ1n) is 9.35. The molecule has 2 amide bonds. The number of anilines is 1. The number of amides is 2. The summed E-state index contributed by atoms with van der Waals surface area (Å²) in [4.78, 5) is 23.8. The third kappa shape index (κ3) is 4.61. The fourth-order valence-corrected chi connectivity index (χ4v) is 5.21. The fourth-order valence-electron chi connectivity index (χ4n) is 3.70. The highest BCUT2D eigenvalue weighted by Crippen LogP contribution is 2.33. The standard InChI is InChI=1S/C19H26N2O5S/c1-12-5-3-4-6-14(12)20-18(22)7-8-27(24,25)17-10-16-15(9-13(17)2)21-19(23)11-26-16/h9-10,12,14H,3-8,11H2,1-2H3,(H,20,22)(H,21,23)/t12-,14+/m1/s1. The van der Waals surface area contributed by atoms with E-state index in [1.807, 2.05) is 0 Å². The number of hydrogen-bond donors (Lipinski definition) is 2. The molecule has 2 aliphatic rings. The van der Waals surface area contributed by atoms with Gasteiger partial charge in [0, 0.05) is 18.5 Å². The molecule has 1 aliphatic heterocycles. The Bertz CT molecular complexity index is 850. The van der Waals surface area contributed by atoms with Gasteiger partial charge in [0.15, 0.2) is 16.4 Å². The van der Waals surface area contributed by atoms with Crippen LogP contribution in [0.2, 0.25) is 0 Å². The number of carbonyl (C=O) groups excluding carboxylic acids is 2. The van der Waals surface area contributed by atoms with Crippen molar-refractivity contribution < 1.29 is 22.7 Å². The lowest BCUT2D eigenvalue weighted by Crippen LogP contribution is -2.41. The van der Waals surface area contributed by atoms with E-state index in [-0.39, 0.29) is 41.5 Å². The summed E-state index contributed by atoms with van der Waals surface area (Å²) in [6, 6.07) is 3.15. The van der Waals surface area contributed by atoms with Crippen molar-refractivity contribution in [2.24, 2.45) is 5.92 Å². The Hall–Kier alpha value is -2.09. The van der Waals surface area contributed by atoms with Crippen LogP contribution in [0.5, 0.6) is 5.75 Å². The van der Waals surface area contributed by atoms with Gasteiger partial charge in [-0.1, -0.05) is 19.8 Å². The minimum atomic E-state index is -3.64. The normalized spacial score (nSPS) is 22.4. The zero-order valence-corrected chi connectivity index (χ0v) is 16.5. The number of ether oxygens (including phenoxy) is 1. The molecule has 0 saturated heterocycles. The van der Waals surface area contributed by atoms with Gasteiger partial charge in [0.25, 0.3) is 5.91 Å². The Morgan fingerprint density at radius 3 is 2.78 bits per heavy atom. The van der Waals surface area contributed by atoms with E-state index in [2.05, 4.69) is 17.6 Å². The van der Waals surface area contributed by atoms with Crippen molar-refractivity contribution >= 4 is 27.3 Å². The molecule has 1 heterocycles. The predicted molar refractivity (Wildman–Crippen MR) is 102 cm³/mol. The molecule has 0 aromatic heterocycles. The molecule has 1 aromatic carbocycles. The summed E-state index contributed by atoms with van der Waals surface area (Å²) in [6.45, 7) is 3.64. The summed E-state index contributed by atoms with van der Waals surface area (Å²) in [7, 11) is -3.64. The first kappa shape index (κ1) is 19.7. The Labute approximate surface area is 159 Å². The average Bonchev–Trinajstić information content (AvgIpc) is 2.61. The molecule has 2 atom stereocenters. The smallest absolute Gasteiger partial charge is 0.262 e. The monoisotopic (exact) mass is 394 g/mol. The van der Waals surface area contributed by atoms with Crippen molar-refractivity contribution in [1.82, 2.24) is 5.32 Å². The third-order valence-corrected chi connectivity index (χ3v) is 7.15. The highest BCUT2D eigenvalue weighted by Gasteiger charge is 2.26. The van der Waals surface area contributed by atoms with E-state index in [4.69, 9.17) is 4.74 Å². The Balaban J connectivity index is 1.66. The van der Waals surface area contributed by atoms with Crippen molar-refractivity contribution in [2.75, 3.05) is 17.7 Å². The summed E-state index contributed by atoms with van der Waals surface area (Å²) in [5.74, 6) is 0.00253. The van der Waals surface area contributed by atoms with Crippen LogP contribution in [0.25, 0.3) is 0 Å². The Morgan fingerprint density at radius 1 is 1.30 bits per heavy atom. The lowest BCUT2D eigenvalue weighted by molar-refractivity contribution is -0.122. The number of fused-ring (bicyclic) bond motifs is 1. The average molecular weight is 394 g/mol. The Morgan fingerprint density at radius 2 is 2.04 bits per heavy atom. The van der Waals surface area contributed by atoms with Gasteiger partial charge in [-0.2, -0.15) is 0 Å². The van der Waals surface area contributed by atoms with Gasteiger partial charge in [-0.25, -0.2) is 8.42 Å². The van der Waals surface area contributed by atoms with Gasteiger partial charge >= 0.3 is 0 Å². The van der Waals surface area contributed by atoms with Crippen LogP contribution in [0.3, 0.4) is 0 Å². The first-order chi connectivity index (χ1) is 12.8. The van der Waals surface area contributed by atoms with Crippen molar-refractivity contribution in [3.8, 4) is 5.75 Å². The van der Waals surface area contributed by atoms with Gasteiger partial charge in [0.05, 0.1) is 16.3 Å². The van der Waals surface area contributed by atoms with Gasteiger partial charge in [-0.3, -0.25) is 9.59 Å². The highest BCUT2D eigenvalue weighted by molar-refractivity contribution is 7.91. The zero-order chi connectivity index (χ0) is 19.6. The number of rotatable bonds is 5. The number of aryl methyl sites for hydroxylation is 1. The van der Waals surface area contributed by atoms with Crippen LogP contribution >= 0.6 is 0 Å². The summed E-state index contributed by atoms with van der Waals surface area (Å²) in [6.07, 6.45) is 4.25. The molecular weight excluding hydrogens is 368 g/mol. The molecule has 1 aliphatic carbocycles. The molecule has 1 fully saturated rings. The molecule has 1 saturated carbocycles. The maximum Gasteiger partial charge on any atom is 0.262 e. The highest BCUT2D eigenvalue weighted by atomic mass is 32.2. The molecular formula is C19H26N2O5S. The molecule has 2 N–H and O–H groups in total. The van der Waals surface area contributed by atoms with E-state index in [9.17, 15) is 18.0 Å². The largest absolute Gasteiger partial charge is 0.482 e. The van der Waals surface area contributed by atoms with Crippen LogP contribution in [0.1, 0.15) is 44.6 Å². The van der Waals surface area contributed by atoms with E-state index >= 15 is 0 Å². The van der Waals surface area contributed by atoms with Gasteiger partial charge in [-0.15, -0.1) is 0 Å². The van der Waals surface area contributed by atoms with Crippen LogP contribution in [0, 0.1) is 12.8 Å². The van der Waals surface area contributed by atoms with E-state index in [0.29, 0.717) is 22.9 Å². The van der Waals surface area contributed by atoms with Crippen LogP contribution in [0.15, 0.2) is 17.0 Å². The number of sulfone groups is 1. The molecule has 148 valence electrons. The van der Waals surface area contributed by atoms with Crippen molar-refractivity contribution in [3.63, 3.8) is 0 Å². The second-order valence-corrected chi connectivity index (χ2v) is 9.53. The van der Waals surface area contributed by atoms with E-state index in [1.54, 1.807) is 13.0 Å². The molecule has 7 nitrogen and oxygen atoms in total. The maximum absolute atomic E-state index is 12.7.